The Morgan fingerprint density at radius 3 is 2.50 bits per heavy atom. The van der Waals surface area contributed by atoms with E-state index in [9.17, 15) is 9.59 Å². The Labute approximate surface area is 188 Å². The zero-order valence-corrected chi connectivity index (χ0v) is 18.7. The van der Waals surface area contributed by atoms with Gasteiger partial charge in [0.2, 0.25) is 11.8 Å². The minimum atomic E-state index is -0.240. The van der Waals surface area contributed by atoms with Crippen LogP contribution < -0.4 is 10.2 Å². The third-order valence-electron chi connectivity index (χ3n) is 5.70. The number of hydrogen-bond donors (Lipinski definition) is 1. The maximum Gasteiger partial charge on any atom is 0.244 e. The molecule has 0 unspecified atom stereocenters. The summed E-state index contributed by atoms with van der Waals surface area (Å²) >= 11 is 0. The molecule has 32 heavy (non-hydrogen) atoms. The Morgan fingerprint density at radius 1 is 1.03 bits per heavy atom. The summed E-state index contributed by atoms with van der Waals surface area (Å²) in [4.78, 5) is 32.4. The molecule has 0 radical (unpaired) electrons. The Bertz CT molecular complexity index is 1200. The number of benzene rings is 3. The highest BCUT2D eigenvalue weighted by Crippen LogP contribution is 2.33. The molecule has 1 aliphatic heterocycles. The van der Waals surface area contributed by atoms with Gasteiger partial charge in [0.25, 0.3) is 0 Å². The van der Waals surface area contributed by atoms with Crippen LogP contribution in [0, 0.1) is 13.8 Å². The van der Waals surface area contributed by atoms with Gasteiger partial charge in [-0.2, -0.15) is 0 Å². The van der Waals surface area contributed by atoms with E-state index in [0.29, 0.717) is 17.1 Å². The van der Waals surface area contributed by atoms with Crippen molar-refractivity contribution in [1.82, 2.24) is 0 Å². The molecule has 5 heteroatoms. The number of amides is 2. The van der Waals surface area contributed by atoms with E-state index in [1.54, 1.807) is 0 Å². The topological polar surface area (TPSA) is 61.8 Å². The maximum atomic E-state index is 13.2. The summed E-state index contributed by atoms with van der Waals surface area (Å²) in [5, 5.41) is 2.94. The first-order valence-electron chi connectivity index (χ1n) is 10.9. The van der Waals surface area contributed by atoms with Crippen LogP contribution in [0.5, 0.6) is 0 Å². The predicted octanol–water partition coefficient (Wildman–Crippen LogP) is 5.36. The molecule has 1 N–H and O–H groups in total. The summed E-state index contributed by atoms with van der Waals surface area (Å²) in [7, 11) is 0. The second kappa shape index (κ2) is 9.18. The van der Waals surface area contributed by atoms with E-state index >= 15 is 0 Å². The minimum absolute atomic E-state index is 0.0687. The molecule has 0 aromatic heterocycles. The van der Waals surface area contributed by atoms with Crippen molar-refractivity contribution in [3.63, 3.8) is 0 Å². The lowest BCUT2D eigenvalue weighted by atomic mass is 10.0. The Morgan fingerprint density at radius 2 is 1.78 bits per heavy atom. The molecule has 0 bridgehead atoms. The quantitative estimate of drug-likeness (QED) is 0.598. The van der Waals surface area contributed by atoms with Crippen molar-refractivity contribution >= 4 is 34.6 Å². The fraction of sp³-hybridized carbons (Fsp3) is 0.222. The van der Waals surface area contributed by atoms with Gasteiger partial charge in [-0.1, -0.05) is 61.0 Å². The summed E-state index contributed by atoms with van der Waals surface area (Å²) in [6, 6.07) is 21.5. The molecule has 2 amide bonds. The summed E-state index contributed by atoms with van der Waals surface area (Å²) in [5.74, 6) is -0.389. The van der Waals surface area contributed by atoms with Crippen LogP contribution in [0.15, 0.2) is 71.7 Å². The number of anilines is 2. The number of hydrogen-bond acceptors (Lipinski definition) is 3. The molecule has 0 atom stereocenters. The highest BCUT2D eigenvalue weighted by atomic mass is 16.2. The number of nitrogens with zero attached hydrogens (tertiary/aromatic N) is 2. The van der Waals surface area contributed by atoms with Gasteiger partial charge in [-0.15, -0.1) is 0 Å². The van der Waals surface area contributed by atoms with Crippen LogP contribution in [0.2, 0.25) is 0 Å². The molecule has 0 aliphatic carbocycles. The Kier molecular flexibility index (Phi) is 6.17. The number of nitrogens with one attached hydrogen (secondary N) is 1. The highest BCUT2D eigenvalue weighted by Gasteiger charge is 2.26. The molecule has 0 saturated heterocycles. The van der Waals surface area contributed by atoms with Crippen molar-refractivity contribution in [2.24, 2.45) is 4.99 Å². The lowest BCUT2D eigenvalue weighted by Crippen LogP contribution is -2.38. The fourth-order valence-electron chi connectivity index (χ4n) is 3.90. The molecular formula is C27H27N3O2. The molecule has 4 rings (SSSR count). The Balaban J connectivity index is 1.60. The lowest BCUT2D eigenvalue weighted by molar-refractivity contribution is -0.120. The number of carbonyl (C=O) groups is 2. The van der Waals surface area contributed by atoms with E-state index in [2.05, 4.69) is 24.4 Å². The predicted molar refractivity (Wildman–Crippen MR) is 130 cm³/mol. The van der Waals surface area contributed by atoms with Gasteiger partial charge in [-0.05, 0) is 55.2 Å². The van der Waals surface area contributed by atoms with Crippen LogP contribution in [0.3, 0.4) is 0 Å². The molecule has 0 fully saturated rings. The van der Waals surface area contributed by atoms with Crippen LogP contribution in [-0.2, 0) is 16.0 Å². The molecule has 3 aromatic rings. The summed E-state index contributed by atoms with van der Waals surface area (Å²) in [6.45, 7) is 6.01. The number of fused-ring (bicyclic) bond motifs is 1. The van der Waals surface area contributed by atoms with Gasteiger partial charge in [0.1, 0.15) is 6.54 Å². The normalized spacial score (nSPS) is 13.3. The largest absolute Gasteiger partial charge is 0.324 e. The standard InChI is InChI=1S/C27H27N3O2/c1-4-20-10-12-21(13-11-20)24-16-27(32)30(25-8-6-5-7-23(25)28-24)17-26(31)29-22-14-9-18(2)15-19(22)3/h5-15H,4,16-17H2,1-3H3,(H,29,31). The second-order valence-corrected chi connectivity index (χ2v) is 8.12. The van der Waals surface area contributed by atoms with Gasteiger partial charge >= 0.3 is 0 Å². The fourth-order valence-corrected chi connectivity index (χ4v) is 3.90. The van der Waals surface area contributed by atoms with E-state index in [0.717, 1.165) is 28.8 Å². The molecule has 3 aromatic carbocycles. The number of aliphatic imine (C=N–C) groups is 1. The zero-order chi connectivity index (χ0) is 22.7. The zero-order valence-electron chi connectivity index (χ0n) is 18.7. The van der Waals surface area contributed by atoms with Gasteiger partial charge in [-0.25, -0.2) is 0 Å². The lowest BCUT2D eigenvalue weighted by Gasteiger charge is -2.22. The van der Waals surface area contributed by atoms with Crippen LogP contribution in [0.1, 0.15) is 35.6 Å². The third-order valence-corrected chi connectivity index (χ3v) is 5.70. The van der Waals surface area contributed by atoms with Crippen molar-refractivity contribution < 1.29 is 9.59 Å². The van der Waals surface area contributed by atoms with Crippen LogP contribution in [0.25, 0.3) is 0 Å². The van der Waals surface area contributed by atoms with E-state index < -0.39 is 0 Å². The smallest absolute Gasteiger partial charge is 0.244 e. The van der Waals surface area contributed by atoms with Gasteiger partial charge in [0.15, 0.2) is 0 Å². The average Bonchev–Trinajstić information content (AvgIpc) is 2.92. The van der Waals surface area contributed by atoms with Crippen molar-refractivity contribution in [2.45, 2.75) is 33.6 Å². The van der Waals surface area contributed by atoms with Crippen LogP contribution in [-0.4, -0.2) is 24.1 Å². The molecule has 1 heterocycles. The monoisotopic (exact) mass is 425 g/mol. The van der Waals surface area contributed by atoms with E-state index in [1.165, 1.54) is 10.5 Å². The van der Waals surface area contributed by atoms with Crippen LogP contribution >= 0.6 is 0 Å². The molecular weight excluding hydrogens is 398 g/mol. The third kappa shape index (κ3) is 4.62. The van der Waals surface area contributed by atoms with Gasteiger partial charge in [0.05, 0.1) is 23.5 Å². The molecule has 1 aliphatic rings. The van der Waals surface area contributed by atoms with E-state index in [-0.39, 0.29) is 24.8 Å². The summed E-state index contributed by atoms with van der Waals surface area (Å²) in [5.41, 5.74) is 7.08. The van der Waals surface area contributed by atoms with Crippen LogP contribution in [0.4, 0.5) is 17.1 Å². The molecule has 0 spiro atoms. The summed E-state index contributed by atoms with van der Waals surface area (Å²) in [6.07, 6.45) is 1.09. The number of aryl methyl sites for hydroxylation is 3. The van der Waals surface area contributed by atoms with Gasteiger partial charge in [-0.3, -0.25) is 14.6 Å². The van der Waals surface area contributed by atoms with Crippen molar-refractivity contribution in [3.05, 3.63) is 89.0 Å². The maximum absolute atomic E-state index is 13.2. The summed E-state index contributed by atoms with van der Waals surface area (Å²) < 4.78 is 0. The van der Waals surface area contributed by atoms with Gasteiger partial charge in [0, 0.05) is 5.69 Å². The molecule has 0 saturated carbocycles. The van der Waals surface area contributed by atoms with E-state index in [1.807, 2.05) is 68.4 Å². The van der Waals surface area contributed by atoms with Crippen molar-refractivity contribution in [3.8, 4) is 0 Å². The number of para-hydroxylation sites is 2. The minimum Gasteiger partial charge on any atom is -0.324 e. The van der Waals surface area contributed by atoms with Gasteiger partial charge < -0.3 is 10.2 Å². The Hall–Kier alpha value is -3.73. The highest BCUT2D eigenvalue weighted by molar-refractivity contribution is 6.19. The second-order valence-electron chi connectivity index (χ2n) is 8.12. The van der Waals surface area contributed by atoms with E-state index in [4.69, 9.17) is 4.99 Å². The number of carbonyl (C=O) groups excluding carboxylic acids is 2. The number of rotatable bonds is 5. The first kappa shape index (κ1) is 21.5. The SMILES string of the molecule is CCc1ccc(C2=Nc3ccccc3N(CC(=O)Nc3ccc(C)cc3C)C(=O)C2)cc1. The average molecular weight is 426 g/mol. The van der Waals surface area contributed by atoms with Crippen molar-refractivity contribution in [2.75, 3.05) is 16.8 Å². The molecule has 5 nitrogen and oxygen atoms in total. The first-order chi connectivity index (χ1) is 15.4. The first-order valence-corrected chi connectivity index (χ1v) is 10.9. The molecule has 162 valence electrons. The van der Waals surface area contributed by atoms with Crippen molar-refractivity contribution in [1.29, 1.82) is 0 Å².